The number of likely N-dealkylation sites (tertiary alicyclic amines) is 1. The molecule has 1 fully saturated rings. The highest BCUT2D eigenvalue weighted by atomic mass is 32.2. The molecule has 0 unspecified atom stereocenters. The number of nitrogens with zero attached hydrogens (tertiary/aromatic N) is 3. The van der Waals surface area contributed by atoms with Crippen LogP contribution in [0.3, 0.4) is 0 Å². The summed E-state index contributed by atoms with van der Waals surface area (Å²) in [4.78, 5) is 30.9. The second kappa shape index (κ2) is 9.04. The van der Waals surface area contributed by atoms with Crippen molar-refractivity contribution in [3.8, 4) is 6.07 Å². The summed E-state index contributed by atoms with van der Waals surface area (Å²) in [5, 5.41) is 9.87. The SMILES string of the molecule is CCOC(=O)c1cc(C#N)c(SCC(=O)N2[C@H](C)CCC[C@H]2C)nc1C. The first-order valence-corrected chi connectivity index (χ1v) is 9.90. The summed E-state index contributed by atoms with van der Waals surface area (Å²) in [6.45, 7) is 7.85. The Labute approximate surface area is 158 Å². The van der Waals surface area contributed by atoms with Gasteiger partial charge >= 0.3 is 5.97 Å². The highest BCUT2D eigenvalue weighted by molar-refractivity contribution is 8.00. The molecule has 1 saturated heterocycles. The van der Waals surface area contributed by atoms with Gasteiger partial charge in [-0.3, -0.25) is 4.79 Å². The zero-order valence-electron chi connectivity index (χ0n) is 15.7. The molecule has 0 aliphatic carbocycles. The van der Waals surface area contributed by atoms with E-state index in [2.05, 4.69) is 24.9 Å². The van der Waals surface area contributed by atoms with Crippen molar-refractivity contribution in [3.63, 3.8) is 0 Å². The molecule has 0 radical (unpaired) electrons. The lowest BCUT2D eigenvalue weighted by Crippen LogP contribution is -2.48. The summed E-state index contributed by atoms with van der Waals surface area (Å²) in [5.41, 5.74) is 1.07. The Kier molecular flexibility index (Phi) is 7.04. The highest BCUT2D eigenvalue weighted by Gasteiger charge is 2.29. The van der Waals surface area contributed by atoms with Gasteiger partial charge in [-0.25, -0.2) is 9.78 Å². The summed E-state index contributed by atoms with van der Waals surface area (Å²) in [7, 11) is 0. The van der Waals surface area contributed by atoms with Gasteiger partial charge in [0.15, 0.2) is 0 Å². The van der Waals surface area contributed by atoms with Crippen molar-refractivity contribution in [2.75, 3.05) is 12.4 Å². The number of piperidine rings is 1. The van der Waals surface area contributed by atoms with E-state index in [1.54, 1.807) is 13.8 Å². The van der Waals surface area contributed by atoms with Crippen LogP contribution in [0.5, 0.6) is 0 Å². The lowest BCUT2D eigenvalue weighted by atomic mass is 9.98. The van der Waals surface area contributed by atoms with E-state index < -0.39 is 5.97 Å². The molecule has 2 rings (SSSR count). The molecule has 0 N–H and O–H groups in total. The van der Waals surface area contributed by atoms with Crippen molar-refractivity contribution in [2.24, 2.45) is 0 Å². The average Bonchev–Trinajstić information content (AvgIpc) is 2.60. The van der Waals surface area contributed by atoms with Crippen molar-refractivity contribution >= 4 is 23.6 Å². The number of pyridine rings is 1. The molecule has 6 nitrogen and oxygen atoms in total. The maximum atomic E-state index is 12.7. The van der Waals surface area contributed by atoms with E-state index in [0.29, 0.717) is 10.7 Å². The summed E-state index contributed by atoms with van der Waals surface area (Å²) >= 11 is 1.25. The summed E-state index contributed by atoms with van der Waals surface area (Å²) in [5.74, 6) is -0.195. The van der Waals surface area contributed by atoms with E-state index in [1.807, 2.05) is 4.90 Å². The van der Waals surface area contributed by atoms with Crippen molar-refractivity contribution in [1.82, 2.24) is 9.88 Å². The van der Waals surface area contributed by atoms with Crippen LogP contribution in [0, 0.1) is 18.3 Å². The molecule has 1 aliphatic rings. The fraction of sp³-hybridized carbons (Fsp3) is 0.579. The van der Waals surface area contributed by atoms with Gasteiger partial charge < -0.3 is 9.64 Å². The van der Waals surface area contributed by atoms with Gasteiger partial charge in [0, 0.05) is 12.1 Å². The van der Waals surface area contributed by atoms with Gasteiger partial charge in [0.25, 0.3) is 0 Å². The molecule has 0 spiro atoms. The van der Waals surface area contributed by atoms with Crippen LogP contribution in [0.15, 0.2) is 11.1 Å². The average molecular weight is 375 g/mol. The summed E-state index contributed by atoms with van der Waals surface area (Å²) in [6, 6.07) is 4.04. The largest absolute Gasteiger partial charge is 0.462 e. The first-order chi connectivity index (χ1) is 12.4. The molecule has 0 saturated carbocycles. The summed E-state index contributed by atoms with van der Waals surface area (Å²) in [6.07, 6.45) is 3.19. The number of rotatable bonds is 5. The molecule has 0 bridgehead atoms. The quantitative estimate of drug-likeness (QED) is 0.580. The number of nitriles is 1. The number of ether oxygens (including phenoxy) is 1. The molecular formula is C19H25N3O3S. The first-order valence-electron chi connectivity index (χ1n) is 8.91. The third kappa shape index (κ3) is 4.55. The summed E-state index contributed by atoms with van der Waals surface area (Å²) < 4.78 is 4.99. The second-order valence-electron chi connectivity index (χ2n) is 6.52. The van der Waals surface area contributed by atoms with Crippen LogP contribution in [0.25, 0.3) is 0 Å². The van der Waals surface area contributed by atoms with Crippen molar-refractivity contribution in [2.45, 2.75) is 64.1 Å². The maximum Gasteiger partial charge on any atom is 0.340 e. The van der Waals surface area contributed by atoms with Gasteiger partial charge in [-0.2, -0.15) is 5.26 Å². The van der Waals surface area contributed by atoms with Crippen LogP contribution < -0.4 is 0 Å². The number of thioether (sulfide) groups is 1. The minimum absolute atomic E-state index is 0.0625. The minimum atomic E-state index is -0.488. The maximum absolute atomic E-state index is 12.7. The number of aromatic nitrogens is 1. The number of aryl methyl sites for hydroxylation is 1. The molecular weight excluding hydrogens is 350 g/mol. The molecule has 2 atom stereocenters. The third-order valence-corrected chi connectivity index (χ3v) is 5.58. The molecule has 2 heterocycles. The zero-order valence-corrected chi connectivity index (χ0v) is 16.6. The molecule has 26 heavy (non-hydrogen) atoms. The van der Waals surface area contributed by atoms with E-state index in [4.69, 9.17) is 4.74 Å². The van der Waals surface area contributed by atoms with Crippen molar-refractivity contribution < 1.29 is 14.3 Å². The van der Waals surface area contributed by atoms with Gasteiger partial charge in [-0.1, -0.05) is 11.8 Å². The lowest BCUT2D eigenvalue weighted by molar-refractivity contribution is -0.134. The Balaban J connectivity index is 2.14. The van der Waals surface area contributed by atoms with Crippen LogP contribution >= 0.6 is 11.8 Å². The van der Waals surface area contributed by atoms with Gasteiger partial charge in [0.05, 0.1) is 29.2 Å². The van der Waals surface area contributed by atoms with E-state index in [1.165, 1.54) is 17.8 Å². The van der Waals surface area contributed by atoms with Crippen LogP contribution in [0.4, 0.5) is 0 Å². The van der Waals surface area contributed by atoms with Crippen LogP contribution in [-0.4, -0.2) is 46.2 Å². The third-order valence-electron chi connectivity index (χ3n) is 4.61. The van der Waals surface area contributed by atoms with Gasteiger partial charge in [0.1, 0.15) is 11.1 Å². The van der Waals surface area contributed by atoms with Gasteiger partial charge in [0.2, 0.25) is 5.91 Å². The molecule has 7 heteroatoms. The predicted molar refractivity (Wildman–Crippen MR) is 100.0 cm³/mol. The van der Waals surface area contributed by atoms with Crippen LogP contribution in [0.2, 0.25) is 0 Å². The number of carbonyl (C=O) groups is 2. The number of hydrogen-bond donors (Lipinski definition) is 0. The van der Waals surface area contributed by atoms with E-state index in [-0.39, 0.29) is 41.5 Å². The topological polar surface area (TPSA) is 83.3 Å². The van der Waals surface area contributed by atoms with Gasteiger partial charge in [-0.15, -0.1) is 0 Å². The normalized spacial score (nSPS) is 19.7. The smallest absolute Gasteiger partial charge is 0.340 e. The Bertz CT molecular complexity index is 719. The molecule has 1 aromatic rings. The minimum Gasteiger partial charge on any atom is -0.462 e. The number of hydrogen-bond acceptors (Lipinski definition) is 6. The number of esters is 1. The zero-order chi connectivity index (χ0) is 19.3. The van der Waals surface area contributed by atoms with E-state index in [9.17, 15) is 14.9 Å². The molecule has 1 aromatic heterocycles. The highest BCUT2D eigenvalue weighted by Crippen LogP contribution is 2.27. The molecule has 1 amide bonds. The number of amides is 1. The monoisotopic (exact) mass is 375 g/mol. The fourth-order valence-corrected chi connectivity index (χ4v) is 4.18. The Morgan fingerprint density at radius 2 is 2.04 bits per heavy atom. The predicted octanol–water partition coefficient (Wildman–Crippen LogP) is 3.32. The lowest BCUT2D eigenvalue weighted by Gasteiger charge is -2.39. The second-order valence-corrected chi connectivity index (χ2v) is 7.49. The Morgan fingerprint density at radius 3 is 2.62 bits per heavy atom. The number of carbonyl (C=O) groups excluding carboxylic acids is 2. The molecule has 0 aromatic carbocycles. The van der Waals surface area contributed by atoms with Gasteiger partial charge in [-0.05, 0) is 53.0 Å². The van der Waals surface area contributed by atoms with E-state index in [0.717, 1.165) is 19.3 Å². The molecule has 140 valence electrons. The van der Waals surface area contributed by atoms with E-state index >= 15 is 0 Å². The van der Waals surface area contributed by atoms with Crippen molar-refractivity contribution in [3.05, 3.63) is 22.9 Å². The van der Waals surface area contributed by atoms with Crippen molar-refractivity contribution in [1.29, 1.82) is 5.26 Å². The standard InChI is InChI=1S/C19H25N3O3S/c1-5-25-19(24)16-9-15(10-20)18(21-14(16)4)26-11-17(23)22-12(2)7-6-8-13(22)3/h9,12-13H,5-8,11H2,1-4H3/t12-,13-/m1/s1. The Hall–Kier alpha value is -2.07. The fourth-order valence-electron chi connectivity index (χ4n) is 3.31. The molecule has 1 aliphatic heterocycles. The van der Waals surface area contributed by atoms with Crippen LogP contribution in [-0.2, 0) is 9.53 Å². The van der Waals surface area contributed by atoms with Crippen LogP contribution in [0.1, 0.15) is 61.6 Å². The first kappa shape index (κ1) is 20.2. The Morgan fingerprint density at radius 1 is 1.38 bits per heavy atom.